The molecule has 0 unspecified atom stereocenters. The number of aliphatic hydroxyl groups is 1. The number of nitrogens with zero attached hydrogens (tertiary/aromatic N) is 1. The first-order valence-corrected chi connectivity index (χ1v) is 8.38. The van der Waals surface area contributed by atoms with Gasteiger partial charge in [0.05, 0.1) is 18.3 Å². The van der Waals surface area contributed by atoms with Gasteiger partial charge in [0, 0.05) is 31.6 Å². The van der Waals surface area contributed by atoms with Crippen LogP contribution in [-0.2, 0) is 9.47 Å². The number of likely N-dealkylation sites (tertiary alicyclic amines) is 1. The smallest absolute Gasteiger partial charge is 0.0681 e. The van der Waals surface area contributed by atoms with E-state index in [1.807, 2.05) is 0 Å². The Labute approximate surface area is 122 Å². The summed E-state index contributed by atoms with van der Waals surface area (Å²) in [6, 6.07) is 0. The molecule has 4 nitrogen and oxygen atoms in total. The van der Waals surface area contributed by atoms with Crippen LogP contribution in [0, 0.1) is 5.41 Å². The van der Waals surface area contributed by atoms with Crippen molar-refractivity contribution < 1.29 is 14.6 Å². The molecule has 1 saturated carbocycles. The zero-order valence-electron chi connectivity index (χ0n) is 12.7. The van der Waals surface area contributed by atoms with Crippen molar-refractivity contribution in [1.82, 2.24) is 4.90 Å². The van der Waals surface area contributed by atoms with Gasteiger partial charge in [-0.1, -0.05) is 0 Å². The van der Waals surface area contributed by atoms with Crippen LogP contribution in [0.15, 0.2) is 0 Å². The third kappa shape index (κ3) is 2.76. The number of hydrogen-bond donors (Lipinski definition) is 1. The monoisotopic (exact) mass is 283 g/mol. The lowest BCUT2D eigenvalue weighted by molar-refractivity contribution is -0.209. The quantitative estimate of drug-likeness (QED) is 0.835. The van der Waals surface area contributed by atoms with Gasteiger partial charge >= 0.3 is 0 Å². The summed E-state index contributed by atoms with van der Waals surface area (Å²) in [5.74, 6) is 0. The van der Waals surface area contributed by atoms with Gasteiger partial charge in [0.25, 0.3) is 0 Å². The summed E-state index contributed by atoms with van der Waals surface area (Å²) in [5, 5.41) is 10.2. The first kappa shape index (κ1) is 14.8. The first-order chi connectivity index (χ1) is 9.74. The molecule has 0 amide bonds. The van der Waals surface area contributed by atoms with Crippen LogP contribution in [0.5, 0.6) is 0 Å². The summed E-state index contributed by atoms with van der Waals surface area (Å²) in [7, 11) is 0. The molecule has 116 valence electrons. The molecule has 3 fully saturated rings. The normalized spacial score (nSPS) is 37.2. The van der Waals surface area contributed by atoms with Crippen LogP contribution >= 0.6 is 0 Å². The van der Waals surface area contributed by atoms with Crippen LogP contribution in [-0.4, -0.2) is 61.2 Å². The fourth-order valence-corrected chi connectivity index (χ4v) is 4.21. The molecule has 1 spiro atoms. The van der Waals surface area contributed by atoms with E-state index in [0.717, 1.165) is 52.1 Å². The number of piperidine rings is 1. The van der Waals surface area contributed by atoms with Gasteiger partial charge in [-0.2, -0.15) is 0 Å². The molecule has 0 bridgehead atoms. The lowest BCUT2D eigenvalue weighted by Gasteiger charge is -2.56. The van der Waals surface area contributed by atoms with Gasteiger partial charge in [-0.15, -0.1) is 0 Å². The molecule has 2 aliphatic heterocycles. The Morgan fingerprint density at radius 3 is 2.75 bits per heavy atom. The summed E-state index contributed by atoms with van der Waals surface area (Å²) in [5.41, 5.74) is 0.0658. The molecular weight excluding hydrogens is 254 g/mol. The largest absolute Gasteiger partial charge is 0.392 e. The summed E-state index contributed by atoms with van der Waals surface area (Å²) >= 11 is 0. The van der Waals surface area contributed by atoms with E-state index in [9.17, 15) is 5.11 Å². The molecule has 3 rings (SSSR count). The van der Waals surface area contributed by atoms with E-state index in [-0.39, 0.29) is 11.5 Å². The second-order valence-electron chi connectivity index (χ2n) is 6.69. The summed E-state index contributed by atoms with van der Waals surface area (Å²) < 4.78 is 11.5. The Morgan fingerprint density at radius 2 is 2.15 bits per heavy atom. The van der Waals surface area contributed by atoms with Crippen LogP contribution < -0.4 is 0 Å². The topological polar surface area (TPSA) is 41.9 Å². The lowest BCUT2D eigenvalue weighted by atomic mass is 9.58. The molecule has 3 aliphatic rings. The van der Waals surface area contributed by atoms with Crippen molar-refractivity contribution in [2.24, 2.45) is 5.41 Å². The zero-order valence-corrected chi connectivity index (χ0v) is 12.7. The van der Waals surface area contributed by atoms with Crippen LogP contribution in [0.3, 0.4) is 0 Å². The molecule has 1 N–H and O–H groups in total. The van der Waals surface area contributed by atoms with Crippen molar-refractivity contribution in [3.05, 3.63) is 0 Å². The fraction of sp³-hybridized carbons (Fsp3) is 1.00. The molecule has 4 heteroatoms. The molecule has 1 aliphatic carbocycles. The predicted molar refractivity (Wildman–Crippen MR) is 77.7 cm³/mol. The van der Waals surface area contributed by atoms with Gasteiger partial charge in [0.2, 0.25) is 0 Å². The SMILES string of the molecule is CCO[C@@H]1C[C@@H](O)C12CCN(CC[C@@H]1CCCO1)CC2. The standard InChI is InChI=1S/C16H29NO3/c1-2-19-15-12-14(18)16(15)6-9-17(10-7-16)8-5-13-4-3-11-20-13/h13-15,18H,2-12H2,1H3/t13-,14+,15+/m0/s1. The third-order valence-corrected chi connectivity index (χ3v) is 5.69. The number of aliphatic hydroxyl groups excluding tert-OH is 1. The highest BCUT2D eigenvalue weighted by Crippen LogP contribution is 2.50. The second-order valence-corrected chi connectivity index (χ2v) is 6.69. The van der Waals surface area contributed by atoms with Gasteiger partial charge in [0.1, 0.15) is 0 Å². The summed E-state index contributed by atoms with van der Waals surface area (Å²) in [6.45, 7) is 7.13. The Hall–Kier alpha value is -0.160. The van der Waals surface area contributed by atoms with Crippen LogP contribution in [0.25, 0.3) is 0 Å². The summed E-state index contributed by atoms with van der Waals surface area (Å²) in [6.07, 6.45) is 7.31. The zero-order chi connectivity index (χ0) is 14.0. The van der Waals surface area contributed by atoms with Gasteiger partial charge in [-0.3, -0.25) is 0 Å². The molecule has 0 aromatic heterocycles. The van der Waals surface area contributed by atoms with E-state index in [1.165, 1.54) is 19.3 Å². The highest BCUT2D eigenvalue weighted by atomic mass is 16.5. The molecule has 2 saturated heterocycles. The Bertz CT molecular complexity index is 307. The Morgan fingerprint density at radius 1 is 1.35 bits per heavy atom. The second kappa shape index (κ2) is 6.30. The van der Waals surface area contributed by atoms with Crippen molar-refractivity contribution >= 4 is 0 Å². The molecule has 0 aromatic carbocycles. The van der Waals surface area contributed by atoms with E-state index in [2.05, 4.69) is 11.8 Å². The van der Waals surface area contributed by atoms with Crippen LogP contribution in [0.4, 0.5) is 0 Å². The Balaban J connectivity index is 1.44. The van der Waals surface area contributed by atoms with Crippen molar-refractivity contribution in [3.8, 4) is 0 Å². The maximum absolute atomic E-state index is 10.2. The molecule has 3 atom stereocenters. The highest BCUT2D eigenvalue weighted by molar-refractivity contribution is 5.06. The average molecular weight is 283 g/mol. The van der Waals surface area contributed by atoms with Gasteiger partial charge in [0.15, 0.2) is 0 Å². The minimum atomic E-state index is -0.139. The fourth-order valence-electron chi connectivity index (χ4n) is 4.21. The van der Waals surface area contributed by atoms with Gasteiger partial charge in [-0.05, 0) is 52.1 Å². The maximum atomic E-state index is 10.2. The van der Waals surface area contributed by atoms with E-state index in [1.54, 1.807) is 0 Å². The molecule has 0 aromatic rings. The van der Waals surface area contributed by atoms with Gasteiger partial charge < -0.3 is 19.5 Å². The maximum Gasteiger partial charge on any atom is 0.0681 e. The van der Waals surface area contributed by atoms with Crippen LogP contribution in [0.2, 0.25) is 0 Å². The lowest BCUT2D eigenvalue weighted by Crippen LogP contribution is -2.62. The van der Waals surface area contributed by atoms with E-state index >= 15 is 0 Å². The average Bonchev–Trinajstić information content (AvgIpc) is 2.99. The predicted octanol–water partition coefficient (Wildman–Crippen LogP) is 1.81. The molecule has 0 radical (unpaired) electrons. The van der Waals surface area contributed by atoms with Crippen molar-refractivity contribution in [2.75, 3.05) is 32.8 Å². The Kier molecular flexibility index (Phi) is 4.65. The van der Waals surface area contributed by atoms with E-state index in [4.69, 9.17) is 9.47 Å². The number of hydrogen-bond acceptors (Lipinski definition) is 4. The van der Waals surface area contributed by atoms with Crippen molar-refractivity contribution in [1.29, 1.82) is 0 Å². The minimum Gasteiger partial charge on any atom is -0.392 e. The molecular formula is C16H29NO3. The van der Waals surface area contributed by atoms with Crippen molar-refractivity contribution in [3.63, 3.8) is 0 Å². The highest BCUT2D eigenvalue weighted by Gasteiger charge is 2.55. The minimum absolute atomic E-state index is 0.0658. The number of rotatable bonds is 5. The number of ether oxygens (including phenoxy) is 2. The van der Waals surface area contributed by atoms with Crippen LogP contribution in [0.1, 0.15) is 45.4 Å². The van der Waals surface area contributed by atoms with E-state index < -0.39 is 0 Å². The van der Waals surface area contributed by atoms with E-state index in [0.29, 0.717) is 12.2 Å². The molecule has 20 heavy (non-hydrogen) atoms. The molecule has 2 heterocycles. The first-order valence-electron chi connectivity index (χ1n) is 8.38. The van der Waals surface area contributed by atoms with Gasteiger partial charge in [-0.25, -0.2) is 0 Å². The summed E-state index contributed by atoms with van der Waals surface area (Å²) in [4.78, 5) is 2.54. The third-order valence-electron chi connectivity index (χ3n) is 5.69. The van der Waals surface area contributed by atoms with Crippen molar-refractivity contribution in [2.45, 2.75) is 63.8 Å².